The molecule has 0 aromatic rings. The van der Waals surface area contributed by atoms with Crippen molar-refractivity contribution in [2.75, 3.05) is 27.9 Å². The highest BCUT2D eigenvalue weighted by atomic mass is 28.5. The van der Waals surface area contributed by atoms with Crippen LogP contribution in [0.25, 0.3) is 0 Å². The van der Waals surface area contributed by atoms with Gasteiger partial charge in [-0.25, -0.2) is 0 Å². The van der Waals surface area contributed by atoms with Crippen LogP contribution in [-0.4, -0.2) is 78.8 Å². The van der Waals surface area contributed by atoms with Gasteiger partial charge in [0.15, 0.2) is 18.1 Å². The molecule has 0 radical (unpaired) electrons. The number of epoxide rings is 1. The van der Waals surface area contributed by atoms with Gasteiger partial charge >= 0.3 is 17.4 Å². The predicted octanol–water partition coefficient (Wildman–Crippen LogP) is 2.35. The Hall–Kier alpha value is 0.804. The number of ether oxygens (including phenoxy) is 1. The van der Waals surface area contributed by atoms with Crippen LogP contribution in [-0.2, 0) is 30.4 Å². The second kappa shape index (κ2) is 12.5. The molecule has 0 N–H and O–H groups in total. The van der Waals surface area contributed by atoms with E-state index in [-0.39, 0.29) is 0 Å². The normalized spacial score (nSPS) is 22.9. The Labute approximate surface area is 172 Å². The van der Waals surface area contributed by atoms with E-state index in [1.165, 1.54) is 0 Å². The highest BCUT2D eigenvalue weighted by Gasteiger charge is 2.44. The summed E-state index contributed by atoms with van der Waals surface area (Å²) in [7, 11) is -4.30. The fraction of sp³-hybridized carbons (Fsp3) is 1.00. The molecule has 0 saturated carbocycles. The average molecular weight is 473 g/mol. The fourth-order valence-electron chi connectivity index (χ4n) is 3.31. The molecule has 1 saturated heterocycles. The van der Waals surface area contributed by atoms with Crippen molar-refractivity contribution in [3.63, 3.8) is 0 Å². The van der Waals surface area contributed by atoms with Crippen LogP contribution >= 0.6 is 0 Å². The largest absolute Gasteiger partial charge is 0.500 e. The summed E-state index contributed by atoms with van der Waals surface area (Å²) in [4.78, 5) is 0. The molecule has 1 rings (SSSR count). The van der Waals surface area contributed by atoms with Crippen LogP contribution in [0.1, 0.15) is 13.3 Å². The molecule has 0 bridgehead atoms. The van der Waals surface area contributed by atoms with E-state index in [4.69, 9.17) is 30.4 Å². The van der Waals surface area contributed by atoms with E-state index in [0.29, 0.717) is 12.1 Å². The van der Waals surface area contributed by atoms with Crippen molar-refractivity contribution in [1.29, 1.82) is 0 Å². The third-order valence-electron chi connectivity index (χ3n) is 4.80. The standard InChI is InChI=1S/C15H40O7Si5/c1-9-10-23(5)21-26(8,11-12-27(16-2,17-3)18-4)22-25(7)20-24(6)14-15-13-19-15/h15,23-25H,9-14H2,1-8H3. The Kier molecular flexibility index (Phi) is 12.0. The van der Waals surface area contributed by atoms with Gasteiger partial charge in [-0.3, -0.25) is 0 Å². The van der Waals surface area contributed by atoms with Crippen LogP contribution in [0, 0.1) is 0 Å². The third-order valence-corrected chi connectivity index (χ3v) is 22.1. The zero-order chi connectivity index (χ0) is 20.5. The van der Waals surface area contributed by atoms with Crippen LogP contribution in [0.5, 0.6) is 0 Å². The lowest BCUT2D eigenvalue weighted by molar-refractivity contribution is 0.124. The Morgan fingerprint density at radius 1 is 0.963 bits per heavy atom. The molecule has 0 amide bonds. The zero-order valence-corrected chi connectivity index (χ0v) is 23.9. The molecule has 1 aliphatic heterocycles. The molecule has 12 heteroatoms. The first kappa shape index (κ1) is 25.8. The van der Waals surface area contributed by atoms with Crippen molar-refractivity contribution in [2.45, 2.75) is 69.8 Å². The minimum Gasteiger partial charge on any atom is -0.441 e. The van der Waals surface area contributed by atoms with E-state index >= 15 is 0 Å². The first-order valence-electron chi connectivity index (χ1n) is 9.99. The fourth-order valence-corrected chi connectivity index (χ4v) is 21.4. The summed E-state index contributed by atoms with van der Waals surface area (Å²) >= 11 is 0. The van der Waals surface area contributed by atoms with Crippen LogP contribution < -0.4 is 0 Å². The molecule has 1 fully saturated rings. The topological polar surface area (TPSA) is 67.9 Å². The second-order valence-electron chi connectivity index (χ2n) is 7.47. The predicted molar refractivity (Wildman–Crippen MR) is 120 cm³/mol. The minimum absolute atomic E-state index is 0.432. The van der Waals surface area contributed by atoms with Gasteiger partial charge in [0.25, 0.3) is 9.28 Å². The summed E-state index contributed by atoms with van der Waals surface area (Å²) in [6.07, 6.45) is 1.58. The van der Waals surface area contributed by atoms with Crippen molar-refractivity contribution in [1.82, 2.24) is 0 Å². The van der Waals surface area contributed by atoms with Gasteiger partial charge in [0.1, 0.15) is 0 Å². The average Bonchev–Trinajstić information content (AvgIpc) is 3.40. The van der Waals surface area contributed by atoms with E-state index in [9.17, 15) is 0 Å². The van der Waals surface area contributed by atoms with Crippen molar-refractivity contribution in [2.24, 2.45) is 0 Å². The van der Waals surface area contributed by atoms with Crippen LogP contribution in [0.15, 0.2) is 0 Å². The summed E-state index contributed by atoms with van der Waals surface area (Å²) in [6, 6.07) is 3.75. The molecular formula is C15H40O7Si5. The van der Waals surface area contributed by atoms with Gasteiger partial charge in [-0.05, 0) is 44.3 Å². The first-order valence-corrected chi connectivity index (χ1v) is 21.4. The van der Waals surface area contributed by atoms with Gasteiger partial charge < -0.3 is 30.4 Å². The molecule has 5 unspecified atom stereocenters. The molecule has 1 heterocycles. The van der Waals surface area contributed by atoms with Crippen LogP contribution in [0.4, 0.5) is 0 Å². The van der Waals surface area contributed by atoms with Gasteiger partial charge in [-0.2, -0.15) is 0 Å². The van der Waals surface area contributed by atoms with E-state index in [1.54, 1.807) is 21.3 Å². The monoisotopic (exact) mass is 472 g/mol. The second-order valence-corrected chi connectivity index (χ2v) is 21.7. The maximum atomic E-state index is 6.61. The van der Waals surface area contributed by atoms with Gasteiger partial charge in [-0.15, -0.1) is 0 Å². The van der Waals surface area contributed by atoms with Crippen molar-refractivity contribution in [3.05, 3.63) is 0 Å². The minimum atomic E-state index is -2.64. The van der Waals surface area contributed by atoms with Crippen molar-refractivity contribution in [3.8, 4) is 0 Å². The SMILES string of the molecule is CCC[SiH](C)O[Si](C)(CC[Si](OC)(OC)OC)O[SiH](C)O[SiH](C)CC1CO1. The highest BCUT2D eigenvalue weighted by Crippen LogP contribution is 2.26. The quantitative estimate of drug-likeness (QED) is 0.252. The Morgan fingerprint density at radius 3 is 2.04 bits per heavy atom. The van der Waals surface area contributed by atoms with Gasteiger partial charge in [0.2, 0.25) is 0 Å². The Morgan fingerprint density at radius 2 is 1.56 bits per heavy atom. The molecule has 162 valence electrons. The molecule has 0 spiro atoms. The molecule has 1 aliphatic rings. The molecule has 7 nitrogen and oxygen atoms in total. The summed E-state index contributed by atoms with van der Waals surface area (Å²) < 4.78 is 41.6. The molecule has 5 atom stereocenters. The number of hydrogen-bond acceptors (Lipinski definition) is 7. The van der Waals surface area contributed by atoms with E-state index in [1.807, 2.05) is 0 Å². The van der Waals surface area contributed by atoms with Gasteiger partial charge in [0.05, 0.1) is 12.7 Å². The smallest absolute Gasteiger partial charge is 0.441 e. The van der Waals surface area contributed by atoms with Gasteiger partial charge in [-0.1, -0.05) is 13.3 Å². The van der Waals surface area contributed by atoms with Crippen LogP contribution in [0.2, 0.25) is 50.4 Å². The highest BCUT2D eigenvalue weighted by molar-refractivity contribution is 6.80. The van der Waals surface area contributed by atoms with E-state index in [2.05, 4.69) is 33.1 Å². The summed E-state index contributed by atoms with van der Waals surface area (Å²) in [5.74, 6) is 0. The number of hydrogen-bond donors (Lipinski definition) is 0. The maximum Gasteiger partial charge on any atom is 0.500 e. The lowest BCUT2D eigenvalue weighted by atomic mass is 10.6. The summed E-state index contributed by atoms with van der Waals surface area (Å²) in [6.45, 7) is 11.9. The number of rotatable bonds is 16. The van der Waals surface area contributed by atoms with Crippen LogP contribution in [0.3, 0.4) is 0 Å². The van der Waals surface area contributed by atoms with Crippen molar-refractivity contribution < 1.29 is 30.4 Å². The lowest BCUT2D eigenvalue weighted by Gasteiger charge is -2.35. The summed E-state index contributed by atoms with van der Waals surface area (Å²) in [5, 5.41) is 0. The zero-order valence-electron chi connectivity index (χ0n) is 18.4. The molecular weight excluding hydrogens is 433 g/mol. The van der Waals surface area contributed by atoms with Gasteiger partial charge in [0, 0.05) is 27.4 Å². The van der Waals surface area contributed by atoms with E-state index in [0.717, 1.165) is 31.2 Å². The molecule has 0 aromatic carbocycles. The molecule has 0 aliphatic carbocycles. The lowest BCUT2D eigenvalue weighted by Crippen LogP contribution is -2.51. The van der Waals surface area contributed by atoms with E-state index < -0.39 is 44.7 Å². The Bertz CT molecular complexity index is 406. The Balaban J connectivity index is 2.70. The third kappa shape index (κ3) is 9.90. The summed E-state index contributed by atoms with van der Waals surface area (Å²) in [5.41, 5.74) is 0. The molecule has 27 heavy (non-hydrogen) atoms. The first-order chi connectivity index (χ1) is 12.7. The van der Waals surface area contributed by atoms with Crippen molar-refractivity contribution >= 4 is 44.7 Å². The maximum absolute atomic E-state index is 6.61. The molecule has 0 aromatic heterocycles.